The minimum atomic E-state index is -0.0884. The van der Waals surface area contributed by atoms with Crippen LogP contribution in [-0.4, -0.2) is 35.2 Å². The van der Waals surface area contributed by atoms with Gasteiger partial charge < -0.3 is 5.11 Å². The van der Waals surface area contributed by atoms with Crippen LogP contribution in [0.4, 0.5) is 0 Å². The van der Waals surface area contributed by atoms with Gasteiger partial charge >= 0.3 is 0 Å². The number of aliphatic hydroxyl groups is 1. The first-order valence-electron chi connectivity index (χ1n) is 6.14. The molecule has 0 unspecified atom stereocenters. The van der Waals surface area contributed by atoms with Gasteiger partial charge in [-0.2, -0.15) is 5.26 Å². The van der Waals surface area contributed by atoms with Gasteiger partial charge in [-0.15, -0.1) is 0 Å². The smallest absolute Gasteiger partial charge is 0.107 e. The van der Waals surface area contributed by atoms with Crippen LogP contribution in [0.3, 0.4) is 0 Å². The molecule has 0 spiro atoms. The Kier molecular flexibility index (Phi) is 3.78. The van der Waals surface area contributed by atoms with Crippen LogP contribution in [-0.2, 0) is 0 Å². The summed E-state index contributed by atoms with van der Waals surface area (Å²) in [6, 6.07) is 12.4. The van der Waals surface area contributed by atoms with E-state index in [-0.39, 0.29) is 24.6 Å². The third-order valence-electron chi connectivity index (χ3n) is 3.52. The van der Waals surface area contributed by atoms with Gasteiger partial charge in [0.15, 0.2) is 0 Å². The van der Waals surface area contributed by atoms with E-state index in [9.17, 15) is 10.4 Å². The largest absolute Gasteiger partial charge is 0.395 e. The van der Waals surface area contributed by atoms with Gasteiger partial charge in [0.25, 0.3) is 0 Å². The Morgan fingerprint density at radius 3 is 2.59 bits per heavy atom. The van der Waals surface area contributed by atoms with Crippen LogP contribution < -0.4 is 0 Å². The van der Waals surface area contributed by atoms with Crippen molar-refractivity contribution in [1.82, 2.24) is 4.90 Å². The summed E-state index contributed by atoms with van der Waals surface area (Å²) in [5.41, 5.74) is 1.16. The van der Waals surface area contributed by atoms with Gasteiger partial charge in [0.1, 0.15) is 6.04 Å². The summed E-state index contributed by atoms with van der Waals surface area (Å²) in [7, 11) is 0. The zero-order chi connectivity index (χ0) is 12.3. The van der Waals surface area contributed by atoms with Gasteiger partial charge in [-0.3, -0.25) is 4.90 Å². The summed E-state index contributed by atoms with van der Waals surface area (Å²) >= 11 is 0. The molecule has 2 rings (SSSR count). The molecule has 17 heavy (non-hydrogen) atoms. The van der Waals surface area contributed by atoms with E-state index in [4.69, 9.17) is 0 Å². The van der Waals surface area contributed by atoms with Crippen LogP contribution >= 0.6 is 0 Å². The minimum absolute atomic E-state index is 0.0884. The first-order valence-corrected chi connectivity index (χ1v) is 6.14. The van der Waals surface area contributed by atoms with Crippen LogP contribution in [0, 0.1) is 11.3 Å². The maximum absolute atomic E-state index is 9.48. The molecule has 1 aliphatic heterocycles. The van der Waals surface area contributed by atoms with Crippen LogP contribution in [0.1, 0.15) is 24.8 Å². The van der Waals surface area contributed by atoms with Crippen molar-refractivity contribution in [3.63, 3.8) is 0 Å². The molecule has 1 heterocycles. The molecule has 0 aromatic heterocycles. The van der Waals surface area contributed by atoms with E-state index in [1.54, 1.807) is 0 Å². The molecule has 1 aliphatic rings. The maximum atomic E-state index is 9.48. The maximum Gasteiger partial charge on any atom is 0.107 e. The summed E-state index contributed by atoms with van der Waals surface area (Å²) in [4.78, 5) is 2.11. The van der Waals surface area contributed by atoms with E-state index in [0.717, 1.165) is 18.5 Å². The first kappa shape index (κ1) is 12.1. The highest BCUT2D eigenvalue weighted by molar-refractivity contribution is 5.31. The standard InChI is InChI=1S/C14H18N2O/c1-2-8-16-12(9-15)14(13(16)10-17)11-6-4-3-5-7-11/h3-7,12-14,17H,2,8,10H2,1H3/t12-,13+,14+/m0/s1. The van der Waals surface area contributed by atoms with Crippen LogP contribution in [0.15, 0.2) is 30.3 Å². The molecule has 0 saturated carbocycles. The number of likely N-dealkylation sites (tertiary alicyclic amines) is 1. The summed E-state index contributed by atoms with van der Waals surface area (Å²) in [5.74, 6) is 0.151. The number of hydrogen-bond acceptors (Lipinski definition) is 3. The van der Waals surface area contributed by atoms with E-state index in [1.165, 1.54) is 0 Å². The fraction of sp³-hybridized carbons (Fsp3) is 0.500. The van der Waals surface area contributed by atoms with Gasteiger partial charge in [-0.05, 0) is 18.5 Å². The molecule has 1 fully saturated rings. The van der Waals surface area contributed by atoms with Crippen molar-refractivity contribution in [2.24, 2.45) is 0 Å². The Morgan fingerprint density at radius 1 is 1.35 bits per heavy atom. The Labute approximate surface area is 102 Å². The molecule has 0 amide bonds. The van der Waals surface area contributed by atoms with Crippen LogP contribution in [0.2, 0.25) is 0 Å². The fourth-order valence-electron chi connectivity index (χ4n) is 2.74. The molecule has 1 aromatic rings. The number of nitrogens with zero attached hydrogens (tertiary/aromatic N) is 2. The van der Waals surface area contributed by atoms with Gasteiger partial charge in [0, 0.05) is 12.0 Å². The summed E-state index contributed by atoms with van der Waals surface area (Å²) in [6.07, 6.45) is 1.01. The van der Waals surface area contributed by atoms with Gasteiger partial charge in [-0.1, -0.05) is 37.3 Å². The average molecular weight is 230 g/mol. The monoisotopic (exact) mass is 230 g/mol. The Balaban J connectivity index is 2.20. The molecular formula is C14H18N2O. The van der Waals surface area contributed by atoms with Crippen molar-refractivity contribution >= 4 is 0 Å². The van der Waals surface area contributed by atoms with E-state index < -0.39 is 0 Å². The van der Waals surface area contributed by atoms with Crippen molar-refractivity contribution in [1.29, 1.82) is 5.26 Å². The Hall–Kier alpha value is -1.37. The van der Waals surface area contributed by atoms with Crippen molar-refractivity contribution < 1.29 is 5.11 Å². The van der Waals surface area contributed by atoms with Gasteiger partial charge in [0.2, 0.25) is 0 Å². The lowest BCUT2D eigenvalue weighted by molar-refractivity contribution is -0.0167. The van der Waals surface area contributed by atoms with Crippen molar-refractivity contribution in [3.05, 3.63) is 35.9 Å². The normalized spacial score (nSPS) is 28.4. The highest BCUT2D eigenvalue weighted by atomic mass is 16.3. The number of aliphatic hydroxyl groups excluding tert-OH is 1. The van der Waals surface area contributed by atoms with Crippen molar-refractivity contribution in [2.75, 3.05) is 13.2 Å². The zero-order valence-electron chi connectivity index (χ0n) is 10.1. The molecule has 1 saturated heterocycles. The molecule has 3 atom stereocenters. The summed E-state index contributed by atoms with van der Waals surface area (Å²) in [6.45, 7) is 3.10. The van der Waals surface area contributed by atoms with Gasteiger partial charge in [0.05, 0.1) is 12.7 Å². The lowest BCUT2D eigenvalue weighted by atomic mass is 9.76. The SMILES string of the molecule is CCCN1[C@H](CO)[C@H](c2ccccc2)[C@@H]1C#N. The van der Waals surface area contributed by atoms with Gasteiger partial charge in [-0.25, -0.2) is 0 Å². The number of hydrogen-bond donors (Lipinski definition) is 1. The molecule has 3 nitrogen and oxygen atoms in total. The minimum Gasteiger partial charge on any atom is -0.395 e. The van der Waals surface area contributed by atoms with E-state index in [1.807, 2.05) is 30.3 Å². The number of nitriles is 1. The number of benzene rings is 1. The second-order valence-electron chi connectivity index (χ2n) is 4.50. The summed E-state index contributed by atoms with van der Waals surface area (Å²) < 4.78 is 0. The molecule has 0 bridgehead atoms. The molecule has 1 N–H and O–H groups in total. The molecule has 90 valence electrons. The molecular weight excluding hydrogens is 212 g/mol. The Morgan fingerprint density at radius 2 is 2.06 bits per heavy atom. The van der Waals surface area contributed by atoms with E-state index in [2.05, 4.69) is 17.9 Å². The highest BCUT2D eigenvalue weighted by Crippen LogP contribution is 2.40. The second kappa shape index (κ2) is 5.31. The molecule has 0 aliphatic carbocycles. The highest BCUT2D eigenvalue weighted by Gasteiger charge is 2.48. The molecule has 3 heteroatoms. The lowest BCUT2D eigenvalue weighted by Crippen LogP contribution is -2.63. The van der Waals surface area contributed by atoms with E-state index in [0.29, 0.717) is 0 Å². The predicted molar refractivity (Wildman–Crippen MR) is 66.5 cm³/mol. The predicted octanol–water partition coefficient (Wildman–Crippen LogP) is 1.75. The first-order chi connectivity index (χ1) is 8.33. The number of rotatable bonds is 4. The average Bonchev–Trinajstić information content (AvgIpc) is 2.36. The Bertz CT molecular complexity index is 398. The quantitative estimate of drug-likeness (QED) is 0.857. The zero-order valence-corrected chi connectivity index (χ0v) is 10.1. The lowest BCUT2D eigenvalue weighted by Gasteiger charge is -2.51. The second-order valence-corrected chi connectivity index (χ2v) is 4.50. The van der Waals surface area contributed by atoms with Crippen molar-refractivity contribution in [2.45, 2.75) is 31.3 Å². The molecule has 1 aromatic carbocycles. The summed E-state index contributed by atoms with van der Waals surface area (Å²) in [5, 5.41) is 18.7. The van der Waals surface area contributed by atoms with Crippen molar-refractivity contribution in [3.8, 4) is 6.07 Å². The van der Waals surface area contributed by atoms with Crippen LogP contribution in [0.5, 0.6) is 0 Å². The third-order valence-corrected chi connectivity index (χ3v) is 3.52. The van der Waals surface area contributed by atoms with E-state index >= 15 is 0 Å². The third kappa shape index (κ3) is 2.06. The van der Waals surface area contributed by atoms with Crippen LogP contribution in [0.25, 0.3) is 0 Å². The molecule has 0 radical (unpaired) electrons. The topological polar surface area (TPSA) is 47.3 Å². The fourth-order valence-corrected chi connectivity index (χ4v) is 2.74.